The fourth-order valence-electron chi connectivity index (χ4n) is 2.12. The average Bonchev–Trinajstić information content (AvgIpc) is 2.50. The van der Waals surface area contributed by atoms with E-state index in [0.29, 0.717) is 23.2 Å². The quantitative estimate of drug-likeness (QED) is 0.815. The number of carbonyl (C=O) groups is 1. The lowest BCUT2D eigenvalue weighted by molar-refractivity contribution is 0.0947. The summed E-state index contributed by atoms with van der Waals surface area (Å²) >= 11 is 5.97. The molecule has 2 rings (SSSR count). The molecule has 2 N–H and O–H groups in total. The predicted octanol–water partition coefficient (Wildman–Crippen LogP) is 4.56. The number of carbonyl (C=O) groups excluding carboxylic acids is 1. The van der Waals surface area contributed by atoms with E-state index in [0.717, 1.165) is 23.4 Å². The molecule has 1 amide bonds. The number of halogens is 1. The third-order valence-electron chi connectivity index (χ3n) is 3.47. The monoisotopic (exact) mass is 331 g/mol. The van der Waals surface area contributed by atoms with Crippen molar-refractivity contribution in [3.05, 3.63) is 52.8 Å². The van der Waals surface area contributed by atoms with Crippen molar-refractivity contribution in [1.82, 2.24) is 10.3 Å². The van der Waals surface area contributed by atoms with Crippen molar-refractivity contribution in [3.63, 3.8) is 0 Å². The summed E-state index contributed by atoms with van der Waals surface area (Å²) in [6, 6.07) is 9.22. The second-order valence-electron chi connectivity index (χ2n) is 5.95. The number of aryl methyl sites for hydroxylation is 1. The third-order valence-corrected chi connectivity index (χ3v) is 3.70. The zero-order valence-corrected chi connectivity index (χ0v) is 14.4. The molecule has 0 saturated carbocycles. The van der Waals surface area contributed by atoms with Gasteiger partial charge < -0.3 is 10.6 Å². The molecule has 0 spiro atoms. The summed E-state index contributed by atoms with van der Waals surface area (Å²) in [5.41, 5.74) is 3.22. The van der Waals surface area contributed by atoms with Crippen LogP contribution in [-0.2, 0) is 0 Å². The zero-order chi connectivity index (χ0) is 16.8. The van der Waals surface area contributed by atoms with Gasteiger partial charge in [0.15, 0.2) is 0 Å². The number of rotatable bonds is 6. The number of hydrogen-bond donors (Lipinski definition) is 2. The Kier molecular flexibility index (Phi) is 5.99. The van der Waals surface area contributed by atoms with Gasteiger partial charge in [-0.25, -0.2) is 0 Å². The SMILES string of the molecule is Cc1cc(Cl)ccc1Nc1ccnc(C(=O)NCCC(C)C)c1. The van der Waals surface area contributed by atoms with Gasteiger partial charge in [-0.15, -0.1) is 0 Å². The molecule has 1 aromatic heterocycles. The summed E-state index contributed by atoms with van der Waals surface area (Å²) in [6.45, 7) is 6.90. The molecule has 0 aliphatic carbocycles. The lowest BCUT2D eigenvalue weighted by atomic mass is 10.1. The van der Waals surface area contributed by atoms with Crippen LogP contribution in [0.5, 0.6) is 0 Å². The van der Waals surface area contributed by atoms with Gasteiger partial charge in [0.1, 0.15) is 5.69 Å². The Balaban J connectivity index is 2.06. The normalized spacial score (nSPS) is 10.7. The van der Waals surface area contributed by atoms with E-state index in [9.17, 15) is 4.79 Å². The molecule has 0 unspecified atom stereocenters. The first-order valence-electron chi connectivity index (χ1n) is 7.73. The average molecular weight is 332 g/mol. The van der Waals surface area contributed by atoms with Gasteiger partial charge in [-0.05, 0) is 55.2 Å². The van der Waals surface area contributed by atoms with E-state index in [4.69, 9.17) is 11.6 Å². The van der Waals surface area contributed by atoms with E-state index in [1.807, 2.05) is 31.2 Å². The van der Waals surface area contributed by atoms with Gasteiger partial charge >= 0.3 is 0 Å². The zero-order valence-electron chi connectivity index (χ0n) is 13.7. The van der Waals surface area contributed by atoms with E-state index < -0.39 is 0 Å². The van der Waals surface area contributed by atoms with Gasteiger partial charge in [-0.1, -0.05) is 25.4 Å². The van der Waals surface area contributed by atoms with Gasteiger partial charge in [0.2, 0.25) is 0 Å². The number of pyridine rings is 1. The minimum absolute atomic E-state index is 0.151. The van der Waals surface area contributed by atoms with Crippen LogP contribution in [0.4, 0.5) is 11.4 Å². The van der Waals surface area contributed by atoms with Crippen LogP contribution >= 0.6 is 11.6 Å². The molecule has 4 nitrogen and oxygen atoms in total. The van der Waals surface area contributed by atoms with Gasteiger partial charge in [0.25, 0.3) is 5.91 Å². The van der Waals surface area contributed by atoms with E-state index in [2.05, 4.69) is 29.5 Å². The molecule has 0 atom stereocenters. The van der Waals surface area contributed by atoms with Crippen LogP contribution in [-0.4, -0.2) is 17.4 Å². The number of hydrogen-bond acceptors (Lipinski definition) is 3. The first-order chi connectivity index (χ1) is 11.0. The highest BCUT2D eigenvalue weighted by Gasteiger charge is 2.08. The van der Waals surface area contributed by atoms with Crippen molar-refractivity contribution in [1.29, 1.82) is 0 Å². The number of nitrogens with zero attached hydrogens (tertiary/aromatic N) is 1. The van der Waals surface area contributed by atoms with Crippen molar-refractivity contribution in [3.8, 4) is 0 Å². The van der Waals surface area contributed by atoms with Crippen molar-refractivity contribution >= 4 is 28.9 Å². The number of anilines is 2. The maximum absolute atomic E-state index is 12.1. The predicted molar refractivity (Wildman–Crippen MR) is 95.5 cm³/mol. The standard InChI is InChI=1S/C18H22ClN3O/c1-12(2)6-8-21-18(23)17-11-15(7-9-20-17)22-16-5-4-14(19)10-13(16)3/h4-5,7,9-12H,6,8H2,1-3H3,(H,20,22)(H,21,23). The van der Waals surface area contributed by atoms with Crippen molar-refractivity contribution in [2.45, 2.75) is 27.2 Å². The highest BCUT2D eigenvalue weighted by molar-refractivity contribution is 6.30. The highest BCUT2D eigenvalue weighted by Crippen LogP contribution is 2.23. The van der Waals surface area contributed by atoms with E-state index in [-0.39, 0.29) is 5.91 Å². The maximum Gasteiger partial charge on any atom is 0.269 e. The molecule has 0 bridgehead atoms. The second-order valence-corrected chi connectivity index (χ2v) is 6.39. The van der Waals surface area contributed by atoms with Crippen LogP contribution in [0.25, 0.3) is 0 Å². The Bertz CT molecular complexity index is 686. The molecule has 0 fully saturated rings. The van der Waals surface area contributed by atoms with Crippen LogP contribution in [0.1, 0.15) is 36.3 Å². The molecule has 0 saturated heterocycles. The maximum atomic E-state index is 12.1. The van der Waals surface area contributed by atoms with Gasteiger partial charge in [0.05, 0.1) is 0 Å². The summed E-state index contributed by atoms with van der Waals surface area (Å²) in [6.07, 6.45) is 2.58. The lowest BCUT2D eigenvalue weighted by Gasteiger charge is -2.11. The fourth-order valence-corrected chi connectivity index (χ4v) is 2.35. The fraction of sp³-hybridized carbons (Fsp3) is 0.333. The molecular weight excluding hydrogens is 310 g/mol. The minimum atomic E-state index is -0.151. The Hall–Kier alpha value is -2.07. The first-order valence-corrected chi connectivity index (χ1v) is 8.11. The van der Waals surface area contributed by atoms with E-state index in [1.165, 1.54) is 0 Å². The molecule has 122 valence electrons. The minimum Gasteiger partial charge on any atom is -0.355 e. The van der Waals surface area contributed by atoms with Gasteiger partial charge in [-0.3, -0.25) is 9.78 Å². The molecular formula is C18H22ClN3O. The molecule has 2 aromatic rings. The Labute approximate surface area is 142 Å². The van der Waals surface area contributed by atoms with Crippen LogP contribution in [0.2, 0.25) is 5.02 Å². The summed E-state index contributed by atoms with van der Waals surface area (Å²) in [7, 11) is 0. The molecule has 0 aliphatic rings. The molecule has 5 heteroatoms. The van der Waals surface area contributed by atoms with Crippen LogP contribution in [0, 0.1) is 12.8 Å². The van der Waals surface area contributed by atoms with Crippen LogP contribution in [0.3, 0.4) is 0 Å². The molecule has 1 aromatic carbocycles. The Morgan fingerprint density at radius 2 is 2.04 bits per heavy atom. The molecule has 23 heavy (non-hydrogen) atoms. The summed E-state index contributed by atoms with van der Waals surface area (Å²) in [5.74, 6) is 0.409. The number of amides is 1. The second kappa shape index (κ2) is 7.97. The van der Waals surface area contributed by atoms with Gasteiger partial charge in [0, 0.05) is 29.1 Å². The molecule has 1 heterocycles. The molecule has 0 aliphatic heterocycles. The summed E-state index contributed by atoms with van der Waals surface area (Å²) in [5, 5.41) is 6.89. The van der Waals surface area contributed by atoms with E-state index in [1.54, 1.807) is 12.3 Å². The Morgan fingerprint density at radius 3 is 2.74 bits per heavy atom. The largest absolute Gasteiger partial charge is 0.355 e. The topological polar surface area (TPSA) is 54.0 Å². The number of nitrogens with one attached hydrogen (secondary N) is 2. The smallest absolute Gasteiger partial charge is 0.269 e. The summed E-state index contributed by atoms with van der Waals surface area (Å²) in [4.78, 5) is 16.3. The van der Waals surface area contributed by atoms with Crippen LogP contribution < -0.4 is 10.6 Å². The van der Waals surface area contributed by atoms with Gasteiger partial charge in [-0.2, -0.15) is 0 Å². The lowest BCUT2D eigenvalue weighted by Crippen LogP contribution is -2.26. The highest BCUT2D eigenvalue weighted by atomic mass is 35.5. The van der Waals surface area contributed by atoms with Crippen molar-refractivity contribution in [2.24, 2.45) is 5.92 Å². The van der Waals surface area contributed by atoms with Crippen LogP contribution in [0.15, 0.2) is 36.5 Å². The number of aromatic nitrogens is 1. The Morgan fingerprint density at radius 1 is 1.26 bits per heavy atom. The number of benzene rings is 1. The summed E-state index contributed by atoms with van der Waals surface area (Å²) < 4.78 is 0. The third kappa shape index (κ3) is 5.25. The molecule has 0 radical (unpaired) electrons. The van der Waals surface area contributed by atoms with E-state index >= 15 is 0 Å². The van der Waals surface area contributed by atoms with Crippen molar-refractivity contribution in [2.75, 3.05) is 11.9 Å². The van der Waals surface area contributed by atoms with Crippen molar-refractivity contribution < 1.29 is 4.79 Å². The first kappa shape index (κ1) is 17.3.